The van der Waals surface area contributed by atoms with Crippen molar-refractivity contribution in [3.8, 4) is 0 Å². The summed E-state index contributed by atoms with van der Waals surface area (Å²) in [6.07, 6.45) is 0. The molecule has 2 amide bonds. The van der Waals surface area contributed by atoms with Gasteiger partial charge in [0.05, 0.1) is 0 Å². The van der Waals surface area contributed by atoms with Crippen molar-refractivity contribution < 1.29 is 19.1 Å². The van der Waals surface area contributed by atoms with Crippen LogP contribution in [0.2, 0.25) is 0 Å². The van der Waals surface area contributed by atoms with Crippen molar-refractivity contribution in [1.82, 2.24) is 9.80 Å². The summed E-state index contributed by atoms with van der Waals surface area (Å²) in [5.74, 6) is -0.918. The van der Waals surface area contributed by atoms with E-state index in [4.69, 9.17) is 4.74 Å². The normalized spacial score (nSPS) is 15.8. The van der Waals surface area contributed by atoms with Crippen molar-refractivity contribution in [2.24, 2.45) is 0 Å². The molecule has 1 aromatic rings. The molecule has 124 valence electrons. The molecule has 6 heteroatoms. The van der Waals surface area contributed by atoms with Gasteiger partial charge in [-0.2, -0.15) is 0 Å². The number of hydrogen-bond acceptors (Lipinski definition) is 4. The van der Waals surface area contributed by atoms with Crippen molar-refractivity contribution in [2.45, 2.75) is 32.9 Å². The van der Waals surface area contributed by atoms with Gasteiger partial charge in [-0.05, 0) is 26.3 Å². The summed E-state index contributed by atoms with van der Waals surface area (Å²) in [6.45, 7) is 5.37. The van der Waals surface area contributed by atoms with E-state index < -0.39 is 11.6 Å². The first-order valence-corrected chi connectivity index (χ1v) is 7.56. The summed E-state index contributed by atoms with van der Waals surface area (Å²) in [5.41, 5.74) is 0.355. The number of carbonyl (C=O) groups excluding carboxylic acids is 3. The van der Waals surface area contributed by atoms with Gasteiger partial charge in [-0.1, -0.05) is 30.3 Å². The molecule has 0 aromatic heterocycles. The molecule has 6 nitrogen and oxygen atoms in total. The number of carbonyl (C=O) groups is 3. The van der Waals surface area contributed by atoms with Gasteiger partial charge < -0.3 is 14.5 Å². The summed E-state index contributed by atoms with van der Waals surface area (Å²) < 4.78 is 5.19. The van der Waals surface area contributed by atoms with Crippen LogP contribution in [0.3, 0.4) is 0 Å². The third-order valence-electron chi connectivity index (χ3n) is 3.31. The van der Waals surface area contributed by atoms with E-state index in [1.807, 2.05) is 30.3 Å². The molecule has 1 aliphatic rings. The Morgan fingerprint density at radius 3 is 2.22 bits per heavy atom. The van der Waals surface area contributed by atoms with Gasteiger partial charge in [0.15, 0.2) is 0 Å². The molecule has 1 fully saturated rings. The quantitative estimate of drug-likeness (QED) is 0.782. The van der Waals surface area contributed by atoms with Crippen molar-refractivity contribution in [2.75, 3.05) is 19.6 Å². The highest BCUT2D eigenvalue weighted by Gasteiger charge is 2.32. The first-order chi connectivity index (χ1) is 10.7. The van der Waals surface area contributed by atoms with Gasteiger partial charge in [-0.3, -0.25) is 14.4 Å². The summed E-state index contributed by atoms with van der Waals surface area (Å²) >= 11 is 0. The van der Waals surface area contributed by atoms with E-state index in [1.54, 1.807) is 20.8 Å². The monoisotopic (exact) mass is 318 g/mol. The lowest BCUT2D eigenvalue weighted by molar-refractivity contribution is -0.162. The van der Waals surface area contributed by atoms with Gasteiger partial charge in [-0.25, -0.2) is 0 Å². The van der Waals surface area contributed by atoms with Crippen molar-refractivity contribution in [3.63, 3.8) is 0 Å². The molecular formula is C17H22N2O4. The maximum absolute atomic E-state index is 12.2. The second-order valence-corrected chi connectivity index (χ2v) is 6.57. The Bertz CT molecular complexity index is 592. The Labute approximate surface area is 136 Å². The van der Waals surface area contributed by atoms with Gasteiger partial charge in [-0.15, -0.1) is 0 Å². The number of benzene rings is 1. The first-order valence-electron chi connectivity index (χ1n) is 7.56. The van der Waals surface area contributed by atoms with Crippen molar-refractivity contribution in [1.29, 1.82) is 0 Å². The average molecular weight is 318 g/mol. The molecule has 0 N–H and O–H groups in total. The zero-order valence-corrected chi connectivity index (χ0v) is 13.7. The van der Waals surface area contributed by atoms with Crippen LogP contribution in [0.4, 0.5) is 0 Å². The third kappa shape index (κ3) is 5.09. The van der Waals surface area contributed by atoms with Crippen LogP contribution in [0.25, 0.3) is 0 Å². The van der Waals surface area contributed by atoms with Gasteiger partial charge in [0.1, 0.15) is 25.2 Å². The van der Waals surface area contributed by atoms with Gasteiger partial charge in [0, 0.05) is 6.54 Å². The molecule has 1 heterocycles. The SMILES string of the molecule is CC(C)(C)OC(=O)CN1CC(=O)N(Cc2ccccc2)CC1=O. The van der Waals surface area contributed by atoms with Gasteiger partial charge in [0.25, 0.3) is 0 Å². The Morgan fingerprint density at radius 1 is 1.04 bits per heavy atom. The van der Waals surface area contributed by atoms with Gasteiger partial charge >= 0.3 is 5.97 Å². The molecule has 1 aliphatic heterocycles. The van der Waals surface area contributed by atoms with Crippen molar-refractivity contribution in [3.05, 3.63) is 35.9 Å². The molecule has 23 heavy (non-hydrogen) atoms. The highest BCUT2D eigenvalue weighted by Crippen LogP contribution is 2.12. The average Bonchev–Trinajstić information content (AvgIpc) is 2.43. The highest BCUT2D eigenvalue weighted by atomic mass is 16.6. The van der Waals surface area contributed by atoms with Crippen LogP contribution in [0.1, 0.15) is 26.3 Å². The number of hydrogen-bond donors (Lipinski definition) is 0. The van der Waals surface area contributed by atoms with E-state index in [-0.39, 0.29) is 31.4 Å². The third-order valence-corrected chi connectivity index (χ3v) is 3.31. The summed E-state index contributed by atoms with van der Waals surface area (Å²) in [6, 6.07) is 9.49. The van der Waals surface area contributed by atoms with Crippen LogP contribution >= 0.6 is 0 Å². The lowest BCUT2D eigenvalue weighted by Gasteiger charge is -2.34. The number of rotatable bonds is 4. The molecule has 0 radical (unpaired) electrons. The lowest BCUT2D eigenvalue weighted by Crippen LogP contribution is -2.54. The maximum atomic E-state index is 12.2. The maximum Gasteiger partial charge on any atom is 0.326 e. The number of piperazine rings is 1. The lowest BCUT2D eigenvalue weighted by atomic mass is 10.2. The number of nitrogens with zero attached hydrogens (tertiary/aromatic N) is 2. The van der Waals surface area contributed by atoms with E-state index >= 15 is 0 Å². The topological polar surface area (TPSA) is 66.9 Å². The fourth-order valence-corrected chi connectivity index (χ4v) is 2.32. The minimum absolute atomic E-state index is 0.0173. The summed E-state index contributed by atoms with van der Waals surface area (Å²) in [7, 11) is 0. The van der Waals surface area contributed by atoms with E-state index in [0.717, 1.165) is 5.56 Å². The zero-order chi connectivity index (χ0) is 17.0. The molecular weight excluding hydrogens is 296 g/mol. The Balaban J connectivity index is 1.93. The van der Waals surface area contributed by atoms with E-state index in [9.17, 15) is 14.4 Å². The highest BCUT2D eigenvalue weighted by molar-refractivity contribution is 5.94. The molecule has 1 aromatic carbocycles. The number of amides is 2. The smallest absolute Gasteiger partial charge is 0.326 e. The molecule has 0 aliphatic carbocycles. The predicted molar refractivity (Wildman–Crippen MR) is 84.3 cm³/mol. The molecule has 0 bridgehead atoms. The van der Waals surface area contributed by atoms with Crippen LogP contribution in [0.5, 0.6) is 0 Å². The fraction of sp³-hybridized carbons (Fsp3) is 0.471. The van der Waals surface area contributed by atoms with Crippen LogP contribution in [-0.2, 0) is 25.7 Å². The Hall–Kier alpha value is -2.37. The zero-order valence-electron chi connectivity index (χ0n) is 13.7. The van der Waals surface area contributed by atoms with E-state index in [1.165, 1.54) is 9.80 Å². The van der Waals surface area contributed by atoms with Crippen molar-refractivity contribution >= 4 is 17.8 Å². The van der Waals surface area contributed by atoms with Crippen LogP contribution in [0, 0.1) is 0 Å². The predicted octanol–water partition coefficient (Wildman–Crippen LogP) is 1.20. The molecule has 0 atom stereocenters. The van der Waals surface area contributed by atoms with Crippen LogP contribution in [-0.4, -0.2) is 52.8 Å². The largest absolute Gasteiger partial charge is 0.459 e. The number of esters is 1. The Morgan fingerprint density at radius 2 is 1.61 bits per heavy atom. The molecule has 2 rings (SSSR count). The Kier molecular flexibility index (Phi) is 5.03. The molecule has 1 saturated heterocycles. The second-order valence-electron chi connectivity index (χ2n) is 6.57. The van der Waals surface area contributed by atoms with E-state index in [2.05, 4.69) is 0 Å². The van der Waals surface area contributed by atoms with E-state index in [0.29, 0.717) is 6.54 Å². The summed E-state index contributed by atoms with van der Waals surface area (Å²) in [5, 5.41) is 0. The van der Waals surface area contributed by atoms with Gasteiger partial charge in [0.2, 0.25) is 11.8 Å². The molecule has 0 spiro atoms. The molecule has 0 saturated carbocycles. The second kappa shape index (κ2) is 6.81. The first kappa shape index (κ1) is 17.0. The van der Waals surface area contributed by atoms with Crippen LogP contribution in [0.15, 0.2) is 30.3 Å². The standard InChI is InChI=1S/C17H22N2O4/c1-17(2,3)23-16(22)12-19-11-14(20)18(10-15(19)21)9-13-7-5-4-6-8-13/h4-8H,9-12H2,1-3H3. The summed E-state index contributed by atoms with van der Waals surface area (Å²) in [4.78, 5) is 38.9. The minimum atomic E-state index is -0.612. The minimum Gasteiger partial charge on any atom is -0.459 e. The fourth-order valence-electron chi connectivity index (χ4n) is 2.32. The molecule has 0 unspecified atom stereocenters. The number of ether oxygens (including phenoxy) is 1. The van der Waals surface area contributed by atoms with Crippen LogP contribution < -0.4 is 0 Å².